The number of carbonyl (C=O) groups excluding carboxylic acids is 3. The van der Waals surface area contributed by atoms with Gasteiger partial charge in [-0.05, 0) is 63.7 Å². The second-order valence-electron chi connectivity index (χ2n) is 14.0. The Bertz CT molecular complexity index is 973. The Morgan fingerprint density at radius 3 is 2.42 bits per heavy atom. The highest BCUT2D eigenvalue weighted by Crippen LogP contribution is 2.67. The predicted molar refractivity (Wildman–Crippen MR) is 162 cm³/mol. The van der Waals surface area contributed by atoms with Gasteiger partial charge in [0.2, 0.25) is 11.8 Å². The standard InChI is InChI=1S/C32H52N2O5S/c1-10-12-13-14-18-39-29(38)24-23-15-16-32(40-23)25(24)27(36)34(22(19-35)21(3)4)26(32)28(37)33(17-11-2)31(8,9)20-30(5,6)7/h10-11,21-26,35H,1-2,12-20H2,3-9H3/t22-,23-,24+,25-,26?,32?/m0/s1. The van der Waals surface area contributed by atoms with E-state index in [1.165, 1.54) is 0 Å². The maximum atomic E-state index is 14.8. The van der Waals surface area contributed by atoms with E-state index in [9.17, 15) is 19.5 Å². The fraction of sp³-hybridized carbons (Fsp3) is 0.781. The fourth-order valence-corrected chi connectivity index (χ4v) is 9.77. The summed E-state index contributed by atoms with van der Waals surface area (Å²) in [6.07, 6.45) is 8.33. The van der Waals surface area contributed by atoms with Gasteiger partial charge in [-0.2, -0.15) is 0 Å². The summed E-state index contributed by atoms with van der Waals surface area (Å²) in [6, 6.07) is -1.28. The van der Waals surface area contributed by atoms with Crippen molar-refractivity contribution >= 4 is 29.5 Å². The molecule has 3 rings (SSSR count). The summed E-state index contributed by atoms with van der Waals surface area (Å²) in [5.74, 6) is -1.90. The van der Waals surface area contributed by atoms with Crippen LogP contribution < -0.4 is 0 Å². The zero-order valence-corrected chi connectivity index (χ0v) is 26.6. The van der Waals surface area contributed by atoms with Crippen molar-refractivity contribution in [3.63, 3.8) is 0 Å². The lowest BCUT2D eigenvalue weighted by molar-refractivity contribution is -0.155. The number of unbranched alkanes of at least 4 members (excludes halogenated alkanes) is 2. The first kappa shape index (κ1) is 32.7. The van der Waals surface area contributed by atoms with Crippen LogP contribution >= 0.6 is 11.8 Å². The van der Waals surface area contributed by atoms with E-state index in [1.807, 2.05) is 24.8 Å². The van der Waals surface area contributed by atoms with Gasteiger partial charge in [0.25, 0.3) is 0 Å². The molecule has 3 heterocycles. The molecule has 6 atom stereocenters. The Morgan fingerprint density at radius 1 is 1.20 bits per heavy atom. The lowest BCUT2D eigenvalue weighted by atomic mass is 9.71. The Labute approximate surface area is 246 Å². The van der Waals surface area contributed by atoms with E-state index in [4.69, 9.17) is 4.74 Å². The summed E-state index contributed by atoms with van der Waals surface area (Å²) < 4.78 is 5.01. The normalized spacial score (nSPS) is 28.5. The molecule has 0 radical (unpaired) electrons. The molecule has 2 amide bonds. The molecule has 1 spiro atoms. The third-order valence-electron chi connectivity index (χ3n) is 8.88. The number of likely N-dealkylation sites (tertiary alicyclic amines) is 1. The van der Waals surface area contributed by atoms with E-state index in [2.05, 4.69) is 47.8 Å². The zero-order valence-electron chi connectivity index (χ0n) is 25.8. The van der Waals surface area contributed by atoms with Gasteiger partial charge in [0.15, 0.2) is 0 Å². The van der Waals surface area contributed by atoms with E-state index in [1.54, 1.807) is 22.7 Å². The number of allylic oxidation sites excluding steroid dienone is 1. The van der Waals surface area contributed by atoms with Crippen LogP contribution in [0.2, 0.25) is 0 Å². The van der Waals surface area contributed by atoms with E-state index < -0.39 is 34.2 Å². The minimum atomic E-state index is -0.760. The molecule has 0 saturated carbocycles. The Kier molecular flexibility index (Phi) is 10.3. The molecular weight excluding hydrogens is 524 g/mol. The Morgan fingerprint density at radius 2 is 1.88 bits per heavy atom. The molecule has 3 fully saturated rings. The Balaban J connectivity index is 2.03. The minimum Gasteiger partial charge on any atom is -0.465 e. The first-order valence-electron chi connectivity index (χ1n) is 15.0. The topological polar surface area (TPSA) is 87.2 Å². The monoisotopic (exact) mass is 576 g/mol. The SMILES string of the molecule is C=CCCCCOC(=O)[C@@H]1[C@@H]2CCC3(S2)C(C(=O)N(CC=C)C(C)(C)CC(C)(C)C)N([C@@H](CO)C(C)C)C(=O)[C@H]13. The van der Waals surface area contributed by atoms with Crippen molar-refractivity contribution in [2.75, 3.05) is 19.8 Å². The summed E-state index contributed by atoms with van der Waals surface area (Å²) in [6.45, 7) is 22.7. The zero-order chi connectivity index (χ0) is 30.0. The van der Waals surface area contributed by atoms with Gasteiger partial charge in [-0.15, -0.1) is 24.9 Å². The number of hydrogen-bond acceptors (Lipinski definition) is 6. The number of ether oxygens (including phenoxy) is 1. The lowest BCUT2D eigenvalue weighted by Gasteiger charge is -2.47. The number of carbonyl (C=O) groups is 3. The summed E-state index contributed by atoms with van der Waals surface area (Å²) >= 11 is 1.64. The molecular formula is C32H52N2O5S. The van der Waals surface area contributed by atoms with Crippen molar-refractivity contribution < 1.29 is 24.2 Å². The number of rotatable bonds is 14. The molecule has 3 aliphatic rings. The maximum Gasteiger partial charge on any atom is 0.310 e. The van der Waals surface area contributed by atoms with E-state index in [0.29, 0.717) is 19.6 Å². The van der Waals surface area contributed by atoms with Gasteiger partial charge in [0, 0.05) is 17.3 Å². The van der Waals surface area contributed by atoms with Crippen molar-refractivity contribution in [1.82, 2.24) is 9.80 Å². The van der Waals surface area contributed by atoms with E-state index >= 15 is 0 Å². The third-order valence-corrected chi connectivity index (χ3v) is 10.8. The number of amides is 2. The van der Waals surface area contributed by atoms with Crippen LogP contribution in [0.5, 0.6) is 0 Å². The van der Waals surface area contributed by atoms with Gasteiger partial charge in [-0.3, -0.25) is 14.4 Å². The van der Waals surface area contributed by atoms with Gasteiger partial charge in [-0.1, -0.05) is 46.8 Å². The second kappa shape index (κ2) is 12.6. The number of aliphatic hydroxyl groups excluding tert-OH is 1. The number of aliphatic hydroxyl groups is 1. The van der Waals surface area contributed by atoms with E-state index in [0.717, 1.165) is 32.1 Å². The molecule has 3 aliphatic heterocycles. The van der Waals surface area contributed by atoms with Crippen LogP contribution in [0.3, 0.4) is 0 Å². The molecule has 2 bridgehead atoms. The van der Waals surface area contributed by atoms with Gasteiger partial charge < -0.3 is 19.6 Å². The minimum absolute atomic E-state index is 0.0259. The number of esters is 1. The molecule has 2 unspecified atom stereocenters. The van der Waals surface area contributed by atoms with Crippen molar-refractivity contribution in [2.45, 2.75) is 115 Å². The largest absolute Gasteiger partial charge is 0.465 e. The number of thioether (sulfide) groups is 1. The van der Waals surface area contributed by atoms with Crippen LogP contribution in [-0.2, 0) is 19.1 Å². The van der Waals surface area contributed by atoms with Crippen LogP contribution in [0.1, 0.15) is 87.0 Å². The van der Waals surface area contributed by atoms with Crippen LogP contribution in [0, 0.1) is 23.2 Å². The van der Waals surface area contributed by atoms with Gasteiger partial charge in [0.1, 0.15) is 6.04 Å². The highest BCUT2D eigenvalue weighted by Gasteiger charge is 2.75. The molecule has 40 heavy (non-hydrogen) atoms. The molecule has 0 aromatic carbocycles. The summed E-state index contributed by atoms with van der Waals surface area (Å²) in [4.78, 5) is 46.2. The predicted octanol–water partition coefficient (Wildman–Crippen LogP) is 5.22. The highest BCUT2D eigenvalue weighted by molar-refractivity contribution is 8.02. The number of fused-ring (bicyclic) bond motifs is 1. The van der Waals surface area contributed by atoms with Crippen molar-refractivity contribution in [1.29, 1.82) is 0 Å². The number of hydrogen-bond donors (Lipinski definition) is 1. The highest BCUT2D eigenvalue weighted by atomic mass is 32.2. The Hall–Kier alpha value is -1.80. The van der Waals surface area contributed by atoms with Crippen molar-refractivity contribution in [3.8, 4) is 0 Å². The summed E-state index contributed by atoms with van der Waals surface area (Å²) in [5.41, 5.74) is -0.521. The van der Waals surface area contributed by atoms with Gasteiger partial charge in [0.05, 0.1) is 35.8 Å². The lowest BCUT2D eigenvalue weighted by Crippen LogP contribution is -2.62. The fourth-order valence-electron chi connectivity index (χ4n) is 7.58. The van der Waals surface area contributed by atoms with E-state index in [-0.39, 0.29) is 41.0 Å². The molecule has 7 nitrogen and oxygen atoms in total. The van der Waals surface area contributed by atoms with Crippen LogP contribution in [0.25, 0.3) is 0 Å². The summed E-state index contributed by atoms with van der Waals surface area (Å²) in [5, 5.41) is 10.4. The first-order chi connectivity index (χ1) is 18.7. The molecule has 3 saturated heterocycles. The van der Waals surface area contributed by atoms with Gasteiger partial charge in [-0.25, -0.2) is 0 Å². The van der Waals surface area contributed by atoms with Gasteiger partial charge >= 0.3 is 5.97 Å². The maximum absolute atomic E-state index is 14.8. The molecule has 0 aromatic heterocycles. The average Bonchev–Trinajstić information content (AvgIpc) is 3.48. The van der Waals surface area contributed by atoms with Crippen LogP contribution in [0.4, 0.5) is 0 Å². The first-order valence-corrected chi connectivity index (χ1v) is 15.9. The van der Waals surface area contributed by atoms with Crippen LogP contribution in [-0.4, -0.2) is 80.1 Å². The quantitative estimate of drug-likeness (QED) is 0.173. The molecule has 0 aromatic rings. The molecule has 226 valence electrons. The average molecular weight is 577 g/mol. The second-order valence-corrected chi connectivity index (χ2v) is 15.6. The molecule has 1 N–H and O–H groups in total. The van der Waals surface area contributed by atoms with Crippen LogP contribution in [0.15, 0.2) is 25.3 Å². The van der Waals surface area contributed by atoms with Crippen molar-refractivity contribution in [3.05, 3.63) is 25.3 Å². The van der Waals surface area contributed by atoms with Crippen molar-refractivity contribution in [2.24, 2.45) is 23.2 Å². The molecule has 0 aliphatic carbocycles. The number of nitrogens with zero attached hydrogens (tertiary/aromatic N) is 2. The molecule has 8 heteroatoms. The third kappa shape index (κ3) is 6.18. The summed E-state index contributed by atoms with van der Waals surface area (Å²) in [7, 11) is 0. The smallest absolute Gasteiger partial charge is 0.310 e.